The molecule has 0 aliphatic carbocycles. The lowest BCUT2D eigenvalue weighted by molar-refractivity contribution is 0.0728. The third-order valence-electron chi connectivity index (χ3n) is 3.49. The smallest absolute Gasteiger partial charge is 0.280 e. The van der Waals surface area contributed by atoms with Crippen LogP contribution in [0.4, 0.5) is 8.78 Å². The number of nitrogens with zero attached hydrogens (tertiary/aromatic N) is 4. The summed E-state index contributed by atoms with van der Waals surface area (Å²) in [5.41, 5.74) is 0.381. The summed E-state index contributed by atoms with van der Waals surface area (Å²) >= 11 is 0. The highest BCUT2D eigenvalue weighted by Crippen LogP contribution is 2.26. The molecule has 0 aliphatic rings. The summed E-state index contributed by atoms with van der Waals surface area (Å²) in [5.74, 6) is -0.491. The van der Waals surface area contributed by atoms with Gasteiger partial charge in [0.05, 0.1) is 17.8 Å². The summed E-state index contributed by atoms with van der Waals surface area (Å²) < 4.78 is 27.1. The number of aromatic nitrogens is 3. The van der Waals surface area contributed by atoms with Crippen LogP contribution in [0.5, 0.6) is 0 Å². The highest BCUT2D eigenvalue weighted by molar-refractivity contribution is 5.95. The molecule has 0 aromatic carbocycles. The number of aryl methyl sites for hydroxylation is 1. The number of carbonyl (C=O) groups excluding carboxylic acids is 1. The Hall–Kier alpha value is -2.31. The largest absolute Gasteiger partial charge is 0.335 e. The molecule has 2 aromatic rings. The van der Waals surface area contributed by atoms with Crippen LogP contribution in [-0.2, 0) is 7.05 Å². The van der Waals surface area contributed by atoms with Crippen LogP contribution < -0.4 is 0 Å². The van der Waals surface area contributed by atoms with Crippen LogP contribution in [0.25, 0.3) is 0 Å². The van der Waals surface area contributed by atoms with Crippen LogP contribution in [0, 0.1) is 0 Å². The quantitative estimate of drug-likeness (QED) is 0.871. The first-order valence-electron chi connectivity index (χ1n) is 6.40. The topological polar surface area (TPSA) is 51.0 Å². The monoisotopic (exact) mass is 294 g/mol. The first-order chi connectivity index (χ1) is 9.93. The summed E-state index contributed by atoms with van der Waals surface area (Å²) in [6.07, 6.45) is 1.70. The van der Waals surface area contributed by atoms with Gasteiger partial charge >= 0.3 is 0 Å². The molecule has 1 atom stereocenters. The molecule has 21 heavy (non-hydrogen) atoms. The molecule has 5 nitrogen and oxygen atoms in total. The molecule has 0 fully saturated rings. The van der Waals surface area contributed by atoms with E-state index in [4.69, 9.17) is 0 Å². The van der Waals surface area contributed by atoms with Gasteiger partial charge in [-0.25, -0.2) is 8.78 Å². The van der Waals surface area contributed by atoms with Gasteiger partial charge in [-0.3, -0.25) is 14.5 Å². The molecule has 0 saturated carbocycles. The van der Waals surface area contributed by atoms with E-state index in [9.17, 15) is 13.6 Å². The number of halogens is 2. The van der Waals surface area contributed by atoms with Gasteiger partial charge in [0.2, 0.25) is 0 Å². The van der Waals surface area contributed by atoms with Crippen LogP contribution >= 0.6 is 0 Å². The van der Waals surface area contributed by atoms with E-state index in [1.165, 1.54) is 18.1 Å². The average Bonchev–Trinajstić information content (AvgIpc) is 2.87. The van der Waals surface area contributed by atoms with E-state index < -0.39 is 12.3 Å². The Kier molecular flexibility index (Phi) is 4.30. The Bertz CT molecular complexity index is 627. The van der Waals surface area contributed by atoms with Crippen molar-refractivity contribution in [3.8, 4) is 0 Å². The van der Waals surface area contributed by atoms with Gasteiger partial charge in [0.25, 0.3) is 12.3 Å². The number of hydrogen-bond donors (Lipinski definition) is 0. The third kappa shape index (κ3) is 2.91. The molecule has 2 rings (SSSR count). The molecule has 0 saturated heterocycles. The first-order valence-corrected chi connectivity index (χ1v) is 6.40. The number of pyridine rings is 1. The van der Waals surface area contributed by atoms with E-state index in [0.717, 1.165) is 10.2 Å². The van der Waals surface area contributed by atoms with Crippen molar-refractivity contribution >= 4 is 5.91 Å². The highest BCUT2D eigenvalue weighted by atomic mass is 19.3. The van der Waals surface area contributed by atoms with Gasteiger partial charge in [-0.05, 0) is 18.6 Å². The Morgan fingerprint density at radius 1 is 1.38 bits per heavy atom. The zero-order valence-corrected chi connectivity index (χ0v) is 12.0. The Labute approximate surface area is 121 Å². The van der Waals surface area contributed by atoms with Crippen LogP contribution in [-0.4, -0.2) is 32.6 Å². The van der Waals surface area contributed by atoms with E-state index in [-0.39, 0.29) is 17.3 Å². The second kappa shape index (κ2) is 5.99. The summed E-state index contributed by atoms with van der Waals surface area (Å²) in [6.45, 7) is 1.81. The summed E-state index contributed by atoms with van der Waals surface area (Å²) in [4.78, 5) is 17.8. The van der Waals surface area contributed by atoms with Gasteiger partial charge in [-0.15, -0.1) is 0 Å². The maximum atomic E-state index is 13.0. The van der Waals surface area contributed by atoms with E-state index in [2.05, 4.69) is 10.1 Å². The SMILES string of the molecule is C[C@H](c1cccnc1)N(C)C(=O)c1cnn(C)c1C(F)F. The highest BCUT2D eigenvalue weighted by Gasteiger charge is 2.27. The lowest BCUT2D eigenvalue weighted by Gasteiger charge is -2.25. The van der Waals surface area contributed by atoms with Gasteiger partial charge in [-0.1, -0.05) is 6.07 Å². The second-order valence-electron chi connectivity index (χ2n) is 4.75. The van der Waals surface area contributed by atoms with E-state index >= 15 is 0 Å². The molecule has 0 aliphatic heterocycles. The van der Waals surface area contributed by atoms with E-state index in [0.29, 0.717) is 0 Å². The molecule has 112 valence electrons. The van der Waals surface area contributed by atoms with Crippen molar-refractivity contribution in [2.24, 2.45) is 7.05 Å². The van der Waals surface area contributed by atoms with Crippen molar-refractivity contribution in [1.29, 1.82) is 0 Å². The minimum atomic E-state index is -2.75. The molecule has 1 amide bonds. The van der Waals surface area contributed by atoms with Crippen LogP contribution in [0.1, 0.15) is 41.0 Å². The molecular formula is C14H16F2N4O. The number of rotatable bonds is 4. The minimum absolute atomic E-state index is 0.0780. The fraction of sp³-hybridized carbons (Fsp3) is 0.357. The molecule has 0 spiro atoms. The average molecular weight is 294 g/mol. The Balaban J connectivity index is 2.28. The van der Waals surface area contributed by atoms with Crippen LogP contribution in [0.3, 0.4) is 0 Å². The minimum Gasteiger partial charge on any atom is -0.335 e. The maximum Gasteiger partial charge on any atom is 0.280 e. The molecule has 0 unspecified atom stereocenters. The Morgan fingerprint density at radius 2 is 2.10 bits per heavy atom. The zero-order valence-electron chi connectivity index (χ0n) is 12.0. The van der Waals surface area contributed by atoms with E-state index in [1.54, 1.807) is 25.5 Å². The van der Waals surface area contributed by atoms with Crippen molar-refractivity contribution in [2.45, 2.75) is 19.4 Å². The molecule has 2 heterocycles. The van der Waals surface area contributed by atoms with Crippen LogP contribution in [0.2, 0.25) is 0 Å². The first kappa shape index (κ1) is 15.1. The molecular weight excluding hydrogens is 278 g/mol. The molecule has 0 N–H and O–H groups in total. The van der Waals surface area contributed by atoms with Crippen molar-refractivity contribution in [2.75, 3.05) is 7.05 Å². The standard InChI is InChI=1S/C14H16F2N4O/c1-9(10-5-4-6-17-7-10)19(2)14(21)11-8-18-20(3)12(11)13(15)16/h4-9,13H,1-3H3/t9-/m1/s1. The van der Waals surface area contributed by atoms with Crippen molar-refractivity contribution in [1.82, 2.24) is 19.7 Å². The van der Waals surface area contributed by atoms with Crippen molar-refractivity contribution in [3.63, 3.8) is 0 Å². The lowest BCUT2D eigenvalue weighted by Crippen LogP contribution is -2.30. The number of amides is 1. The van der Waals surface area contributed by atoms with Gasteiger partial charge in [0.1, 0.15) is 5.69 Å². The fourth-order valence-corrected chi connectivity index (χ4v) is 2.08. The molecule has 0 radical (unpaired) electrons. The predicted octanol–water partition coefficient (Wildman–Crippen LogP) is 2.59. The molecule has 7 heteroatoms. The number of alkyl halides is 2. The van der Waals surface area contributed by atoms with Gasteiger partial charge < -0.3 is 4.90 Å². The van der Waals surface area contributed by atoms with Crippen molar-refractivity contribution in [3.05, 3.63) is 47.5 Å². The van der Waals surface area contributed by atoms with Crippen molar-refractivity contribution < 1.29 is 13.6 Å². The predicted molar refractivity (Wildman–Crippen MR) is 72.9 cm³/mol. The van der Waals surface area contributed by atoms with E-state index in [1.807, 2.05) is 13.0 Å². The summed E-state index contributed by atoms with van der Waals surface area (Å²) in [5, 5.41) is 3.75. The van der Waals surface area contributed by atoms with Crippen LogP contribution in [0.15, 0.2) is 30.7 Å². The van der Waals surface area contributed by atoms with Gasteiger partial charge in [0, 0.05) is 26.5 Å². The normalized spacial score (nSPS) is 12.5. The maximum absolute atomic E-state index is 13.0. The van der Waals surface area contributed by atoms with Gasteiger partial charge in [0.15, 0.2) is 0 Å². The lowest BCUT2D eigenvalue weighted by atomic mass is 10.1. The summed E-state index contributed by atoms with van der Waals surface area (Å²) in [7, 11) is 2.96. The molecule has 0 bridgehead atoms. The fourth-order valence-electron chi connectivity index (χ4n) is 2.08. The second-order valence-corrected chi connectivity index (χ2v) is 4.75. The van der Waals surface area contributed by atoms with Gasteiger partial charge in [-0.2, -0.15) is 5.10 Å². The Morgan fingerprint density at radius 3 is 2.67 bits per heavy atom. The number of hydrogen-bond acceptors (Lipinski definition) is 3. The number of carbonyl (C=O) groups is 1. The zero-order chi connectivity index (χ0) is 15.6. The molecule has 2 aromatic heterocycles. The third-order valence-corrected chi connectivity index (χ3v) is 3.49. The summed E-state index contributed by atoms with van der Waals surface area (Å²) in [6, 6.07) is 3.31.